The van der Waals surface area contributed by atoms with Gasteiger partial charge in [-0.2, -0.15) is 0 Å². The lowest BCUT2D eigenvalue weighted by molar-refractivity contribution is -0.156. The van der Waals surface area contributed by atoms with E-state index < -0.39 is 11.9 Å². The Kier molecular flexibility index (Phi) is 9.03. The molecule has 2 atom stereocenters. The number of likely N-dealkylation sites (tertiary alicyclic amines) is 1. The summed E-state index contributed by atoms with van der Waals surface area (Å²) in [6.07, 6.45) is 4.32. The third kappa shape index (κ3) is 6.73. The Balaban J connectivity index is 2.14. The highest BCUT2D eigenvalue weighted by Crippen LogP contribution is 2.31. The van der Waals surface area contributed by atoms with E-state index in [9.17, 15) is 14.4 Å². The zero-order valence-corrected chi connectivity index (χ0v) is 20.2. The minimum atomic E-state index is -0.762. The summed E-state index contributed by atoms with van der Waals surface area (Å²) in [6, 6.07) is 0. The van der Waals surface area contributed by atoms with Crippen molar-refractivity contribution in [1.29, 1.82) is 0 Å². The summed E-state index contributed by atoms with van der Waals surface area (Å²) < 4.78 is 11.4. The van der Waals surface area contributed by atoms with Crippen molar-refractivity contribution in [2.24, 2.45) is 5.92 Å². The number of hydrogen-bond donors (Lipinski definition) is 0. The van der Waals surface area contributed by atoms with Crippen molar-refractivity contribution in [3.63, 3.8) is 0 Å². The molecule has 1 spiro atoms. The molecule has 0 N–H and O–H groups in total. The van der Waals surface area contributed by atoms with Crippen LogP contribution in [-0.4, -0.2) is 105 Å². The van der Waals surface area contributed by atoms with E-state index in [0.717, 1.165) is 45.3 Å². The van der Waals surface area contributed by atoms with E-state index in [4.69, 9.17) is 9.47 Å². The number of esters is 1. The summed E-state index contributed by atoms with van der Waals surface area (Å²) in [6.45, 7) is 6.76. The van der Waals surface area contributed by atoms with Crippen molar-refractivity contribution in [2.45, 2.75) is 63.5 Å². The first-order valence-corrected chi connectivity index (χ1v) is 11.4. The molecule has 1 amide bonds. The number of carbonyl (C=O) groups is 3. The van der Waals surface area contributed by atoms with Crippen molar-refractivity contribution in [1.82, 2.24) is 14.7 Å². The van der Waals surface area contributed by atoms with Gasteiger partial charge in [0, 0.05) is 40.7 Å². The van der Waals surface area contributed by atoms with E-state index in [1.54, 1.807) is 33.0 Å². The predicted molar refractivity (Wildman–Crippen MR) is 119 cm³/mol. The number of carbonyl (C=O) groups excluding carboxylic acids is 3. The monoisotopic (exact) mass is 439 g/mol. The lowest BCUT2D eigenvalue weighted by Gasteiger charge is -2.47. The molecule has 2 aliphatic heterocycles. The molecule has 0 bridgehead atoms. The number of likely N-dealkylation sites (N-methyl/N-ethyl adjacent to an activating group) is 2. The molecular weight excluding hydrogens is 398 g/mol. The first kappa shape index (κ1) is 25.7. The smallest absolute Gasteiger partial charge is 0.316 e. The number of methoxy groups -OCH3 is 1. The fourth-order valence-electron chi connectivity index (χ4n) is 4.42. The van der Waals surface area contributed by atoms with Crippen molar-refractivity contribution in [2.75, 3.05) is 61.0 Å². The summed E-state index contributed by atoms with van der Waals surface area (Å²) in [4.78, 5) is 43.4. The van der Waals surface area contributed by atoms with Crippen molar-refractivity contribution >= 4 is 17.7 Å². The Morgan fingerprint density at radius 2 is 1.81 bits per heavy atom. The van der Waals surface area contributed by atoms with E-state index in [-0.39, 0.29) is 29.4 Å². The molecule has 2 fully saturated rings. The van der Waals surface area contributed by atoms with Crippen LogP contribution >= 0.6 is 0 Å². The van der Waals surface area contributed by atoms with E-state index in [1.165, 1.54) is 0 Å². The van der Waals surface area contributed by atoms with E-state index in [1.807, 2.05) is 6.92 Å². The van der Waals surface area contributed by atoms with Crippen LogP contribution in [0.2, 0.25) is 0 Å². The highest BCUT2D eigenvalue weighted by atomic mass is 16.5. The van der Waals surface area contributed by atoms with Crippen LogP contribution in [0.15, 0.2) is 0 Å². The van der Waals surface area contributed by atoms with Gasteiger partial charge in [0.25, 0.3) is 0 Å². The molecule has 2 rings (SSSR count). The van der Waals surface area contributed by atoms with Gasteiger partial charge in [-0.05, 0) is 59.5 Å². The second kappa shape index (κ2) is 10.9. The summed E-state index contributed by atoms with van der Waals surface area (Å²) in [5.74, 6) is -1.20. The maximum Gasteiger partial charge on any atom is 0.316 e. The third-order valence-electron chi connectivity index (χ3n) is 7.37. The number of cyclic esters (lactones) is 1. The number of rotatable bonds is 3. The molecule has 178 valence electrons. The zero-order valence-electron chi connectivity index (χ0n) is 20.2. The van der Waals surface area contributed by atoms with Crippen LogP contribution in [0.3, 0.4) is 0 Å². The second-order valence-corrected chi connectivity index (χ2v) is 9.76. The zero-order chi connectivity index (χ0) is 23.2. The minimum absolute atomic E-state index is 0.0908. The average Bonchev–Trinajstić information content (AvgIpc) is 2.75. The fourth-order valence-corrected chi connectivity index (χ4v) is 4.42. The molecule has 8 heteroatoms. The molecule has 0 saturated carbocycles. The van der Waals surface area contributed by atoms with Crippen molar-refractivity contribution in [3.05, 3.63) is 0 Å². The number of amides is 1. The summed E-state index contributed by atoms with van der Waals surface area (Å²) >= 11 is 0. The summed E-state index contributed by atoms with van der Waals surface area (Å²) in [5.41, 5.74) is -0.662. The summed E-state index contributed by atoms with van der Waals surface area (Å²) in [5, 5.41) is 0. The third-order valence-corrected chi connectivity index (χ3v) is 7.37. The molecule has 0 aliphatic carbocycles. The topological polar surface area (TPSA) is 79.4 Å². The molecule has 1 unspecified atom stereocenters. The van der Waals surface area contributed by atoms with E-state index in [0.29, 0.717) is 19.4 Å². The molecule has 0 aromatic rings. The number of ether oxygens (including phenoxy) is 2. The van der Waals surface area contributed by atoms with Crippen LogP contribution in [0.4, 0.5) is 0 Å². The molecule has 2 heterocycles. The fraction of sp³-hybridized carbons (Fsp3) is 0.870. The van der Waals surface area contributed by atoms with Gasteiger partial charge in [0.1, 0.15) is 18.3 Å². The quantitative estimate of drug-likeness (QED) is 0.488. The van der Waals surface area contributed by atoms with Crippen LogP contribution in [0.25, 0.3) is 0 Å². The molecule has 2 aliphatic rings. The van der Waals surface area contributed by atoms with Gasteiger partial charge >= 0.3 is 5.97 Å². The van der Waals surface area contributed by atoms with Crippen LogP contribution < -0.4 is 0 Å². The standard InChI is InChI=1S/C23H41N3O5/c1-18-19(27)8-10-22(2,30-6)9-7-13-25(5)23(17-31-21(18)29)11-14-26(15-12-23)16-20(28)24(3)4/h18H,7-17H2,1-6H3/t18?,22-/m1/s1. The molecule has 0 aromatic carbocycles. The molecule has 31 heavy (non-hydrogen) atoms. The van der Waals surface area contributed by atoms with Crippen molar-refractivity contribution < 1.29 is 23.9 Å². The van der Waals surface area contributed by atoms with Gasteiger partial charge < -0.3 is 14.4 Å². The maximum absolute atomic E-state index is 12.6. The Labute approximate surface area is 187 Å². The van der Waals surface area contributed by atoms with Crippen LogP contribution in [0.5, 0.6) is 0 Å². The minimum Gasteiger partial charge on any atom is -0.463 e. The summed E-state index contributed by atoms with van der Waals surface area (Å²) in [7, 11) is 7.32. The highest BCUT2D eigenvalue weighted by molar-refractivity contribution is 5.98. The number of piperidine rings is 1. The normalized spacial score (nSPS) is 29.5. The highest BCUT2D eigenvalue weighted by Gasteiger charge is 2.41. The average molecular weight is 440 g/mol. The van der Waals surface area contributed by atoms with Gasteiger partial charge in [0.15, 0.2) is 0 Å². The Morgan fingerprint density at radius 3 is 2.39 bits per heavy atom. The first-order valence-electron chi connectivity index (χ1n) is 11.4. The van der Waals surface area contributed by atoms with Crippen LogP contribution in [0.1, 0.15) is 52.4 Å². The van der Waals surface area contributed by atoms with Gasteiger partial charge in [-0.25, -0.2) is 0 Å². The van der Waals surface area contributed by atoms with Gasteiger partial charge in [-0.15, -0.1) is 0 Å². The SMILES string of the molecule is CO[C@]1(C)CCCN(C)C2(CCN(CC(=O)N(C)C)CC2)COC(=O)C(C)C(=O)CC1. The van der Waals surface area contributed by atoms with Gasteiger partial charge in [0.2, 0.25) is 5.91 Å². The molecular formula is C23H41N3O5. The van der Waals surface area contributed by atoms with Crippen LogP contribution in [-0.2, 0) is 23.9 Å². The largest absolute Gasteiger partial charge is 0.463 e. The second-order valence-electron chi connectivity index (χ2n) is 9.76. The Bertz CT molecular complexity index is 645. The molecule has 0 radical (unpaired) electrons. The first-order chi connectivity index (χ1) is 14.5. The Hall–Kier alpha value is -1.51. The van der Waals surface area contributed by atoms with Gasteiger partial charge in [-0.1, -0.05) is 0 Å². The van der Waals surface area contributed by atoms with Crippen LogP contribution in [0, 0.1) is 5.92 Å². The number of hydrogen-bond acceptors (Lipinski definition) is 7. The number of nitrogens with zero attached hydrogens (tertiary/aromatic N) is 3. The number of Topliss-reactive ketones (excluding diaryl/α,β-unsaturated/α-hetero) is 1. The number of ketones is 1. The van der Waals surface area contributed by atoms with E-state index >= 15 is 0 Å². The maximum atomic E-state index is 12.6. The Morgan fingerprint density at radius 1 is 1.16 bits per heavy atom. The predicted octanol–water partition coefficient (Wildman–Crippen LogP) is 1.57. The lowest BCUT2D eigenvalue weighted by atomic mass is 9.86. The van der Waals surface area contributed by atoms with Crippen molar-refractivity contribution in [3.8, 4) is 0 Å². The molecule has 2 saturated heterocycles. The lowest BCUT2D eigenvalue weighted by Crippen LogP contribution is -2.58. The van der Waals surface area contributed by atoms with Gasteiger partial charge in [-0.3, -0.25) is 24.2 Å². The van der Waals surface area contributed by atoms with E-state index in [2.05, 4.69) is 16.8 Å². The molecule has 0 aromatic heterocycles. The molecule has 8 nitrogen and oxygen atoms in total. The van der Waals surface area contributed by atoms with Gasteiger partial charge in [0.05, 0.1) is 17.7 Å².